The molecule has 0 aromatic rings. The van der Waals surface area contributed by atoms with Crippen molar-refractivity contribution < 1.29 is 9.90 Å². The number of allylic oxidation sites excluding steroid dienone is 1. The van der Waals surface area contributed by atoms with Gasteiger partial charge in [0.25, 0.3) is 0 Å². The Labute approximate surface area is 104 Å². The van der Waals surface area contributed by atoms with Crippen LogP contribution < -0.4 is 5.32 Å². The fourth-order valence-corrected chi connectivity index (χ4v) is 1.98. The van der Waals surface area contributed by atoms with Crippen LogP contribution in [0.3, 0.4) is 0 Å². The van der Waals surface area contributed by atoms with Gasteiger partial charge < -0.3 is 15.3 Å². The summed E-state index contributed by atoms with van der Waals surface area (Å²) in [6.45, 7) is 6.32. The molecule has 1 aliphatic rings. The Balaban J connectivity index is 2.46. The Hall–Kier alpha value is -1.03. The second kappa shape index (κ2) is 6.05. The predicted octanol–water partition coefficient (Wildman–Crippen LogP) is 1.90. The van der Waals surface area contributed by atoms with Crippen LogP contribution >= 0.6 is 0 Å². The van der Waals surface area contributed by atoms with Gasteiger partial charge in [-0.15, -0.1) is 0 Å². The minimum Gasteiger partial charge on any atom is -0.389 e. The number of nitrogens with zero attached hydrogens (tertiary/aromatic N) is 1. The van der Waals surface area contributed by atoms with Crippen LogP contribution in [-0.2, 0) is 0 Å². The van der Waals surface area contributed by atoms with Gasteiger partial charge in [-0.2, -0.15) is 0 Å². The predicted molar refractivity (Wildman–Crippen MR) is 68.9 cm³/mol. The average molecular weight is 240 g/mol. The largest absolute Gasteiger partial charge is 0.389 e. The molecule has 98 valence electrons. The van der Waals surface area contributed by atoms with Crippen molar-refractivity contribution in [3.8, 4) is 0 Å². The highest BCUT2D eigenvalue weighted by Crippen LogP contribution is 2.11. The first-order valence-corrected chi connectivity index (χ1v) is 6.35. The standard InChI is InChI=1S/C13H24N2O2/c1-4-15(10-13(2,3)17)12(16)14-11-8-6-5-7-9-11/h5-6,11,17H,4,7-10H2,1-3H3,(H,14,16). The van der Waals surface area contributed by atoms with E-state index in [1.165, 1.54) is 0 Å². The van der Waals surface area contributed by atoms with Crippen molar-refractivity contribution in [2.24, 2.45) is 0 Å². The van der Waals surface area contributed by atoms with E-state index in [1.807, 2.05) is 6.92 Å². The number of carbonyl (C=O) groups excluding carboxylic acids is 1. The maximum Gasteiger partial charge on any atom is 0.317 e. The molecular weight excluding hydrogens is 216 g/mol. The molecule has 4 heteroatoms. The molecule has 1 unspecified atom stereocenters. The molecule has 0 aromatic carbocycles. The lowest BCUT2D eigenvalue weighted by Gasteiger charge is -2.30. The number of rotatable bonds is 4. The van der Waals surface area contributed by atoms with Gasteiger partial charge in [0.15, 0.2) is 0 Å². The number of hydrogen-bond acceptors (Lipinski definition) is 2. The van der Waals surface area contributed by atoms with E-state index in [1.54, 1.807) is 18.7 Å². The van der Waals surface area contributed by atoms with Gasteiger partial charge in [-0.25, -0.2) is 4.79 Å². The van der Waals surface area contributed by atoms with Crippen molar-refractivity contribution >= 4 is 6.03 Å². The van der Waals surface area contributed by atoms with Gasteiger partial charge in [-0.3, -0.25) is 0 Å². The van der Waals surface area contributed by atoms with Crippen molar-refractivity contribution in [3.63, 3.8) is 0 Å². The van der Waals surface area contributed by atoms with E-state index in [-0.39, 0.29) is 12.1 Å². The van der Waals surface area contributed by atoms with Crippen LogP contribution in [0.25, 0.3) is 0 Å². The van der Waals surface area contributed by atoms with E-state index < -0.39 is 5.60 Å². The van der Waals surface area contributed by atoms with Crippen LogP contribution in [0.5, 0.6) is 0 Å². The van der Waals surface area contributed by atoms with E-state index in [2.05, 4.69) is 17.5 Å². The second-order valence-corrected chi connectivity index (χ2v) is 5.26. The van der Waals surface area contributed by atoms with Crippen molar-refractivity contribution in [2.45, 2.75) is 51.7 Å². The molecule has 1 aliphatic carbocycles. The van der Waals surface area contributed by atoms with E-state index in [9.17, 15) is 9.90 Å². The molecule has 0 radical (unpaired) electrons. The topological polar surface area (TPSA) is 52.6 Å². The van der Waals surface area contributed by atoms with Gasteiger partial charge in [0.1, 0.15) is 0 Å². The molecule has 4 nitrogen and oxygen atoms in total. The normalized spacial score (nSPS) is 20.1. The summed E-state index contributed by atoms with van der Waals surface area (Å²) >= 11 is 0. The molecule has 1 rings (SSSR count). The smallest absolute Gasteiger partial charge is 0.317 e. The first kappa shape index (κ1) is 14.0. The van der Waals surface area contributed by atoms with E-state index in [4.69, 9.17) is 0 Å². The molecule has 17 heavy (non-hydrogen) atoms. The summed E-state index contributed by atoms with van der Waals surface area (Å²) in [6, 6.07) is 0.165. The molecule has 0 spiro atoms. The molecule has 0 saturated heterocycles. The fourth-order valence-electron chi connectivity index (χ4n) is 1.98. The molecule has 1 atom stereocenters. The highest BCUT2D eigenvalue weighted by atomic mass is 16.3. The van der Waals surface area contributed by atoms with Gasteiger partial charge in [-0.1, -0.05) is 12.2 Å². The molecule has 0 aliphatic heterocycles. The maximum atomic E-state index is 12.0. The SMILES string of the molecule is CCN(CC(C)(C)O)C(=O)NC1CC=CCC1. The van der Waals surface area contributed by atoms with Crippen LogP contribution in [-0.4, -0.2) is 40.8 Å². The molecule has 2 N–H and O–H groups in total. The van der Waals surface area contributed by atoms with Crippen LogP contribution in [0.15, 0.2) is 12.2 Å². The molecular formula is C13H24N2O2. The molecule has 0 bridgehead atoms. The Morgan fingerprint density at radius 1 is 1.53 bits per heavy atom. The second-order valence-electron chi connectivity index (χ2n) is 5.26. The number of hydrogen-bond donors (Lipinski definition) is 2. The molecule has 0 aromatic heterocycles. The Bertz CT molecular complexity index is 282. The Kier molecular flexibility index (Phi) is 5.00. The third-order valence-electron chi connectivity index (χ3n) is 2.84. The minimum absolute atomic E-state index is 0.0741. The number of aliphatic hydroxyl groups is 1. The monoisotopic (exact) mass is 240 g/mol. The summed E-state index contributed by atoms with van der Waals surface area (Å²) in [5.41, 5.74) is -0.847. The first-order chi connectivity index (χ1) is 7.92. The highest BCUT2D eigenvalue weighted by Gasteiger charge is 2.22. The number of nitrogens with one attached hydrogen (secondary N) is 1. The zero-order chi connectivity index (χ0) is 12.9. The van der Waals surface area contributed by atoms with Gasteiger partial charge in [0.05, 0.1) is 12.1 Å². The third-order valence-corrected chi connectivity index (χ3v) is 2.84. The lowest BCUT2D eigenvalue weighted by molar-refractivity contribution is 0.0475. The maximum absolute atomic E-state index is 12.0. The number of carbonyl (C=O) groups is 1. The van der Waals surface area contributed by atoms with E-state index in [0.29, 0.717) is 13.1 Å². The number of amides is 2. The summed E-state index contributed by atoms with van der Waals surface area (Å²) in [6.07, 6.45) is 7.20. The Morgan fingerprint density at radius 2 is 2.24 bits per heavy atom. The molecule has 2 amide bonds. The minimum atomic E-state index is -0.847. The van der Waals surface area contributed by atoms with Crippen molar-refractivity contribution in [1.29, 1.82) is 0 Å². The van der Waals surface area contributed by atoms with Crippen LogP contribution in [0.1, 0.15) is 40.0 Å². The van der Waals surface area contributed by atoms with E-state index >= 15 is 0 Å². The summed E-state index contributed by atoms with van der Waals surface area (Å²) in [5.74, 6) is 0. The van der Waals surface area contributed by atoms with Crippen molar-refractivity contribution in [1.82, 2.24) is 10.2 Å². The zero-order valence-electron chi connectivity index (χ0n) is 11.1. The average Bonchev–Trinajstić information content (AvgIpc) is 2.26. The Morgan fingerprint density at radius 3 is 2.71 bits per heavy atom. The van der Waals surface area contributed by atoms with Gasteiger partial charge in [0, 0.05) is 12.6 Å². The number of likely N-dealkylation sites (N-methyl/N-ethyl adjacent to an activating group) is 1. The summed E-state index contributed by atoms with van der Waals surface area (Å²) in [5, 5.41) is 12.8. The van der Waals surface area contributed by atoms with Crippen LogP contribution in [0.2, 0.25) is 0 Å². The zero-order valence-corrected chi connectivity index (χ0v) is 11.1. The van der Waals surface area contributed by atoms with Gasteiger partial charge >= 0.3 is 6.03 Å². The lowest BCUT2D eigenvalue weighted by atomic mass is 10.0. The quantitative estimate of drug-likeness (QED) is 0.737. The summed E-state index contributed by atoms with van der Waals surface area (Å²) < 4.78 is 0. The van der Waals surface area contributed by atoms with Crippen LogP contribution in [0.4, 0.5) is 4.79 Å². The van der Waals surface area contributed by atoms with Crippen molar-refractivity contribution in [3.05, 3.63) is 12.2 Å². The highest BCUT2D eigenvalue weighted by molar-refractivity contribution is 5.74. The lowest BCUT2D eigenvalue weighted by Crippen LogP contribution is -2.49. The van der Waals surface area contributed by atoms with Crippen LogP contribution in [0, 0.1) is 0 Å². The molecule has 0 saturated carbocycles. The first-order valence-electron chi connectivity index (χ1n) is 6.35. The molecule has 0 heterocycles. The molecule has 0 fully saturated rings. The fraction of sp³-hybridized carbons (Fsp3) is 0.769. The van der Waals surface area contributed by atoms with Crippen molar-refractivity contribution in [2.75, 3.05) is 13.1 Å². The third kappa shape index (κ3) is 5.22. The van der Waals surface area contributed by atoms with Gasteiger partial charge in [-0.05, 0) is 40.0 Å². The number of urea groups is 1. The van der Waals surface area contributed by atoms with E-state index in [0.717, 1.165) is 19.3 Å². The summed E-state index contributed by atoms with van der Waals surface area (Å²) in [4.78, 5) is 13.7. The van der Waals surface area contributed by atoms with Gasteiger partial charge in [0.2, 0.25) is 0 Å². The summed E-state index contributed by atoms with van der Waals surface area (Å²) in [7, 11) is 0.